The first-order chi connectivity index (χ1) is 20.2. The molecule has 0 bridgehead atoms. The van der Waals surface area contributed by atoms with E-state index in [1.165, 1.54) is 68.0 Å². The Morgan fingerprint density at radius 2 is 1.40 bits per heavy atom. The van der Waals surface area contributed by atoms with Gasteiger partial charge < -0.3 is 9.47 Å². The summed E-state index contributed by atoms with van der Waals surface area (Å²) in [6.07, 6.45) is 7.28. The van der Waals surface area contributed by atoms with Crippen molar-refractivity contribution in [2.24, 2.45) is 0 Å². The highest BCUT2D eigenvalue weighted by Gasteiger charge is 2.18. The van der Waals surface area contributed by atoms with E-state index in [4.69, 9.17) is 32.7 Å². The van der Waals surface area contributed by atoms with E-state index < -0.39 is 16.9 Å². The molecule has 42 heavy (non-hydrogen) atoms. The number of carbonyl (C=O) groups excluding carboxylic acids is 2. The normalized spacial score (nSPS) is 10.7. The first-order valence-corrected chi connectivity index (χ1v) is 14.4. The lowest BCUT2D eigenvalue weighted by molar-refractivity contribution is -0.384. The molecule has 0 unspecified atom stereocenters. The fourth-order valence-electron chi connectivity index (χ4n) is 4.37. The topological polar surface area (TPSA) is 95.7 Å². The molecule has 0 radical (unpaired) electrons. The molecule has 0 aliphatic heterocycles. The van der Waals surface area contributed by atoms with E-state index in [1.54, 1.807) is 18.2 Å². The zero-order chi connectivity index (χ0) is 30.1. The standard InChI is InChI=1S/C33H29Cl2NO6/c1-2-3-4-5-6-8-22-11-13-23(14-12-22)24-9-7-10-25(19-24)32(37)41-26-15-17-28(29(34)20-26)33(38)42-27-16-18-31(36(39)40)30(35)21-27/h7,9-21H,2-6,8H2,1H3. The Bertz CT molecular complexity index is 1590. The average molecular weight is 607 g/mol. The number of esters is 2. The molecule has 9 heteroatoms. The van der Waals surface area contributed by atoms with Gasteiger partial charge in [-0.25, -0.2) is 9.59 Å². The van der Waals surface area contributed by atoms with Crippen LogP contribution in [0, 0.1) is 10.1 Å². The summed E-state index contributed by atoms with van der Waals surface area (Å²) in [6, 6.07) is 23.2. The number of hydrogen-bond donors (Lipinski definition) is 0. The molecular weight excluding hydrogens is 577 g/mol. The van der Waals surface area contributed by atoms with E-state index in [2.05, 4.69) is 31.2 Å². The van der Waals surface area contributed by atoms with Crippen molar-refractivity contribution in [3.63, 3.8) is 0 Å². The second kappa shape index (κ2) is 14.6. The van der Waals surface area contributed by atoms with Gasteiger partial charge in [0.1, 0.15) is 16.5 Å². The van der Waals surface area contributed by atoms with Crippen molar-refractivity contribution in [2.75, 3.05) is 0 Å². The van der Waals surface area contributed by atoms with Crippen LogP contribution in [0.2, 0.25) is 10.0 Å². The van der Waals surface area contributed by atoms with Gasteiger partial charge in [0.2, 0.25) is 0 Å². The zero-order valence-electron chi connectivity index (χ0n) is 23.0. The van der Waals surface area contributed by atoms with E-state index in [0.29, 0.717) is 5.56 Å². The van der Waals surface area contributed by atoms with Crippen LogP contribution < -0.4 is 9.47 Å². The molecule has 0 N–H and O–H groups in total. The molecule has 0 saturated carbocycles. The number of benzene rings is 4. The summed E-state index contributed by atoms with van der Waals surface area (Å²) >= 11 is 12.2. The predicted molar refractivity (Wildman–Crippen MR) is 164 cm³/mol. The van der Waals surface area contributed by atoms with Gasteiger partial charge in [-0.15, -0.1) is 0 Å². The number of halogens is 2. The van der Waals surface area contributed by atoms with Gasteiger partial charge in [-0.2, -0.15) is 0 Å². The van der Waals surface area contributed by atoms with Gasteiger partial charge in [0.15, 0.2) is 0 Å². The van der Waals surface area contributed by atoms with Crippen molar-refractivity contribution in [3.8, 4) is 22.6 Å². The number of rotatable bonds is 12. The summed E-state index contributed by atoms with van der Waals surface area (Å²) in [5, 5.41) is 10.7. The Balaban J connectivity index is 1.38. The van der Waals surface area contributed by atoms with Crippen LogP contribution in [0.5, 0.6) is 11.5 Å². The van der Waals surface area contributed by atoms with Crippen molar-refractivity contribution < 1.29 is 24.0 Å². The third kappa shape index (κ3) is 8.18. The van der Waals surface area contributed by atoms with Gasteiger partial charge >= 0.3 is 11.9 Å². The van der Waals surface area contributed by atoms with Gasteiger partial charge in [0.05, 0.1) is 21.1 Å². The van der Waals surface area contributed by atoms with Gasteiger partial charge in [-0.05, 0) is 59.9 Å². The molecule has 0 aromatic heterocycles. The van der Waals surface area contributed by atoms with Crippen molar-refractivity contribution in [1.82, 2.24) is 0 Å². The van der Waals surface area contributed by atoms with Crippen molar-refractivity contribution >= 4 is 40.8 Å². The van der Waals surface area contributed by atoms with Gasteiger partial charge in [0.25, 0.3) is 5.69 Å². The van der Waals surface area contributed by atoms with Gasteiger partial charge in [-0.3, -0.25) is 10.1 Å². The summed E-state index contributed by atoms with van der Waals surface area (Å²) in [5.41, 5.74) is 3.25. The molecule has 216 valence electrons. The largest absolute Gasteiger partial charge is 0.423 e. The molecule has 0 fully saturated rings. The van der Waals surface area contributed by atoms with E-state index >= 15 is 0 Å². The lowest BCUT2D eigenvalue weighted by atomic mass is 9.99. The quantitative estimate of drug-likeness (QED) is 0.0524. The highest BCUT2D eigenvalue weighted by molar-refractivity contribution is 6.34. The Morgan fingerprint density at radius 3 is 2.07 bits per heavy atom. The molecule has 4 aromatic rings. The summed E-state index contributed by atoms with van der Waals surface area (Å²) < 4.78 is 10.8. The SMILES string of the molecule is CCCCCCCc1ccc(-c2cccc(C(=O)Oc3ccc(C(=O)Oc4ccc([N+](=O)[O-])c(Cl)c4)c(Cl)c3)c2)cc1. The monoisotopic (exact) mass is 605 g/mol. The average Bonchev–Trinajstić information content (AvgIpc) is 2.97. The van der Waals surface area contributed by atoms with Crippen LogP contribution in [0.1, 0.15) is 65.3 Å². The van der Waals surface area contributed by atoms with Crippen molar-refractivity contribution in [1.29, 1.82) is 0 Å². The molecule has 4 rings (SSSR count). The molecule has 0 saturated heterocycles. The molecule has 0 spiro atoms. The highest BCUT2D eigenvalue weighted by atomic mass is 35.5. The first kappa shape index (κ1) is 30.8. The minimum absolute atomic E-state index is 0.00230. The van der Waals surface area contributed by atoms with Crippen LogP contribution in [0.25, 0.3) is 11.1 Å². The van der Waals surface area contributed by atoms with Gasteiger partial charge in [0, 0.05) is 18.2 Å². The van der Waals surface area contributed by atoms with Crippen LogP contribution in [0.3, 0.4) is 0 Å². The maximum atomic E-state index is 12.9. The van der Waals surface area contributed by atoms with Crippen LogP contribution in [-0.4, -0.2) is 16.9 Å². The van der Waals surface area contributed by atoms with Crippen LogP contribution in [-0.2, 0) is 6.42 Å². The smallest absolute Gasteiger partial charge is 0.345 e. The predicted octanol–water partition coefficient (Wildman–Crippen LogP) is 9.52. The lowest BCUT2D eigenvalue weighted by Crippen LogP contribution is -2.11. The minimum Gasteiger partial charge on any atom is -0.423 e. The highest BCUT2D eigenvalue weighted by Crippen LogP contribution is 2.30. The number of nitro groups is 1. The van der Waals surface area contributed by atoms with Crippen LogP contribution in [0.15, 0.2) is 84.9 Å². The van der Waals surface area contributed by atoms with E-state index in [9.17, 15) is 19.7 Å². The lowest BCUT2D eigenvalue weighted by Gasteiger charge is -2.10. The fraction of sp³-hybridized carbons (Fsp3) is 0.212. The maximum Gasteiger partial charge on any atom is 0.345 e. The number of unbranched alkanes of at least 4 members (excludes halogenated alkanes) is 4. The number of nitro benzene ring substituents is 1. The van der Waals surface area contributed by atoms with Crippen LogP contribution in [0.4, 0.5) is 5.69 Å². The van der Waals surface area contributed by atoms with Crippen molar-refractivity contribution in [2.45, 2.75) is 45.4 Å². The Labute approximate surface area is 254 Å². The van der Waals surface area contributed by atoms with E-state index in [1.807, 2.05) is 6.07 Å². The molecule has 0 aliphatic rings. The second-order valence-corrected chi connectivity index (χ2v) is 10.5. The summed E-state index contributed by atoms with van der Waals surface area (Å²) in [5.74, 6) is -1.22. The van der Waals surface area contributed by atoms with Gasteiger partial charge in [-0.1, -0.05) is 92.2 Å². The van der Waals surface area contributed by atoms with E-state index in [0.717, 1.165) is 23.6 Å². The van der Waals surface area contributed by atoms with Crippen molar-refractivity contribution in [3.05, 3.63) is 122 Å². The van der Waals surface area contributed by atoms with Crippen LogP contribution >= 0.6 is 23.2 Å². The molecule has 4 aromatic carbocycles. The second-order valence-electron chi connectivity index (χ2n) is 9.73. The third-order valence-corrected chi connectivity index (χ3v) is 7.27. The molecule has 0 amide bonds. The Morgan fingerprint density at radius 1 is 0.738 bits per heavy atom. The molecule has 0 aliphatic carbocycles. The van der Waals surface area contributed by atoms with E-state index in [-0.39, 0.29) is 32.8 Å². The molecule has 0 heterocycles. The Hall–Kier alpha value is -4.20. The fourth-order valence-corrected chi connectivity index (χ4v) is 4.86. The zero-order valence-corrected chi connectivity index (χ0v) is 24.5. The molecule has 0 atom stereocenters. The number of hydrogen-bond acceptors (Lipinski definition) is 6. The summed E-state index contributed by atoms with van der Waals surface area (Å²) in [7, 11) is 0. The first-order valence-electron chi connectivity index (χ1n) is 13.6. The minimum atomic E-state index is -0.807. The Kier molecular flexibility index (Phi) is 10.7. The molecular formula is C33H29Cl2NO6. The number of aryl methyl sites for hydroxylation is 1. The molecule has 7 nitrogen and oxygen atoms in total. The number of ether oxygens (including phenoxy) is 2. The number of carbonyl (C=O) groups is 2. The number of nitrogens with zero attached hydrogens (tertiary/aromatic N) is 1. The third-order valence-electron chi connectivity index (χ3n) is 6.65. The maximum absolute atomic E-state index is 12.9. The summed E-state index contributed by atoms with van der Waals surface area (Å²) in [6.45, 7) is 2.21. The summed E-state index contributed by atoms with van der Waals surface area (Å²) in [4.78, 5) is 35.8.